The molecular weight excluding hydrogens is 551 g/mol. The topological polar surface area (TPSA) is 108 Å². The van der Waals surface area contributed by atoms with Gasteiger partial charge in [-0.1, -0.05) is 13.0 Å². The predicted octanol–water partition coefficient (Wildman–Crippen LogP) is 7.17. The van der Waals surface area contributed by atoms with Crippen LogP contribution in [0.25, 0.3) is 10.9 Å². The number of carbonyl (C=O) groups excluding carboxylic acids is 2. The normalized spacial score (nSPS) is 19.7. The van der Waals surface area contributed by atoms with E-state index < -0.39 is 17.4 Å². The highest BCUT2D eigenvalue weighted by Crippen LogP contribution is 2.48. The second-order valence-corrected chi connectivity index (χ2v) is 12.3. The number of anilines is 2. The number of carbonyl (C=O) groups is 2. The van der Waals surface area contributed by atoms with Crippen LogP contribution in [-0.2, 0) is 9.47 Å². The Balaban J connectivity index is 1.57. The van der Waals surface area contributed by atoms with Crippen LogP contribution < -0.4 is 9.64 Å². The van der Waals surface area contributed by atoms with Crippen molar-refractivity contribution >= 4 is 34.5 Å². The molecule has 1 aromatic heterocycles. The first-order valence-electron chi connectivity index (χ1n) is 14.8. The number of fused-ring (bicyclic) bond motifs is 3. The van der Waals surface area contributed by atoms with Gasteiger partial charge in [0.25, 0.3) is 0 Å². The Morgan fingerprint density at radius 2 is 1.84 bits per heavy atom. The molecule has 2 aliphatic rings. The van der Waals surface area contributed by atoms with Gasteiger partial charge in [0, 0.05) is 35.1 Å². The van der Waals surface area contributed by atoms with Gasteiger partial charge in [-0.2, -0.15) is 5.26 Å². The molecule has 228 valence electrons. The van der Waals surface area contributed by atoms with E-state index in [1.165, 1.54) is 14.2 Å². The van der Waals surface area contributed by atoms with Crippen molar-refractivity contribution in [1.29, 1.82) is 5.26 Å². The smallest absolute Gasteiger partial charge is 0.410 e. The van der Waals surface area contributed by atoms with Crippen LogP contribution in [0.1, 0.15) is 87.2 Å². The lowest BCUT2D eigenvalue weighted by atomic mass is 9.84. The number of ether oxygens (including phenoxy) is 3. The molecule has 43 heavy (non-hydrogen) atoms. The first-order chi connectivity index (χ1) is 20.5. The molecule has 1 amide bonds. The number of aromatic nitrogens is 1. The summed E-state index contributed by atoms with van der Waals surface area (Å²) in [5, 5.41) is 10.0. The van der Waals surface area contributed by atoms with Crippen molar-refractivity contribution in [3.8, 4) is 11.8 Å². The van der Waals surface area contributed by atoms with Crippen molar-refractivity contribution in [2.24, 2.45) is 0 Å². The molecule has 5 rings (SSSR count). The maximum absolute atomic E-state index is 16.9. The molecule has 2 bridgehead atoms. The number of nitrogens with one attached hydrogen (secondary N) is 1. The van der Waals surface area contributed by atoms with Crippen LogP contribution >= 0.6 is 0 Å². The number of methoxy groups -OCH3 is 2. The Morgan fingerprint density at radius 1 is 1.14 bits per heavy atom. The van der Waals surface area contributed by atoms with E-state index in [0.29, 0.717) is 65.1 Å². The highest BCUT2D eigenvalue weighted by molar-refractivity contribution is 6.10. The third-order valence-electron chi connectivity index (χ3n) is 8.39. The van der Waals surface area contributed by atoms with Crippen molar-refractivity contribution in [3.63, 3.8) is 0 Å². The van der Waals surface area contributed by atoms with Crippen molar-refractivity contribution in [1.82, 2.24) is 9.88 Å². The summed E-state index contributed by atoms with van der Waals surface area (Å²) in [6, 6.07) is 10.5. The lowest BCUT2D eigenvalue weighted by Crippen LogP contribution is -2.48. The minimum absolute atomic E-state index is 0.0490. The van der Waals surface area contributed by atoms with Gasteiger partial charge in [0.2, 0.25) is 0 Å². The summed E-state index contributed by atoms with van der Waals surface area (Å²) >= 11 is 0. The first kappa shape index (κ1) is 30.2. The van der Waals surface area contributed by atoms with E-state index in [4.69, 9.17) is 14.2 Å². The number of H-pyrrole nitrogens is 1. The number of amides is 1. The Bertz CT molecular complexity index is 1570. The van der Waals surface area contributed by atoms with Crippen LogP contribution in [-0.4, -0.2) is 60.4 Å². The number of halogens is 1. The van der Waals surface area contributed by atoms with Gasteiger partial charge in [0.15, 0.2) is 5.82 Å². The highest BCUT2D eigenvalue weighted by Gasteiger charge is 2.46. The van der Waals surface area contributed by atoms with Gasteiger partial charge in [-0.05, 0) is 83.1 Å². The quantitative estimate of drug-likeness (QED) is 0.291. The molecule has 2 unspecified atom stereocenters. The molecule has 2 saturated heterocycles. The van der Waals surface area contributed by atoms with Crippen LogP contribution in [0.4, 0.5) is 20.7 Å². The highest BCUT2D eigenvalue weighted by atomic mass is 19.1. The van der Waals surface area contributed by atoms with E-state index in [1.54, 1.807) is 35.2 Å². The summed E-state index contributed by atoms with van der Waals surface area (Å²) < 4.78 is 33.4. The Labute approximate surface area is 251 Å². The van der Waals surface area contributed by atoms with Gasteiger partial charge in [-0.15, -0.1) is 0 Å². The van der Waals surface area contributed by atoms with Crippen LogP contribution in [0.3, 0.4) is 0 Å². The summed E-state index contributed by atoms with van der Waals surface area (Å²) in [5.74, 6) is -0.303. The largest absolute Gasteiger partial charge is 0.496 e. The zero-order chi connectivity index (χ0) is 31.1. The summed E-state index contributed by atoms with van der Waals surface area (Å²) in [5.41, 5.74) is 1.47. The van der Waals surface area contributed by atoms with E-state index in [9.17, 15) is 14.9 Å². The number of rotatable bonds is 7. The lowest BCUT2D eigenvalue weighted by Gasteiger charge is -2.40. The summed E-state index contributed by atoms with van der Waals surface area (Å²) in [6.07, 6.45) is 3.22. The second-order valence-electron chi connectivity index (χ2n) is 12.3. The summed E-state index contributed by atoms with van der Waals surface area (Å²) in [6.45, 7) is 7.96. The molecule has 9 nitrogen and oxygen atoms in total. The molecule has 0 aliphatic carbocycles. The zero-order valence-corrected chi connectivity index (χ0v) is 25.6. The summed E-state index contributed by atoms with van der Waals surface area (Å²) in [7, 11) is 2.84. The fourth-order valence-corrected chi connectivity index (χ4v) is 6.70. The molecule has 2 fully saturated rings. The van der Waals surface area contributed by atoms with Gasteiger partial charge >= 0.3 is 12.1 Å². The minimum Gasteiger partial charge on any atom is -0.496 e. The molecule has 2 aliphatic heterocycles. The first-order valence-corrected chi connectivity index (χ1v) is 14.8. The molecule has 0 saturated carbocycles. The number of esters is 1. The number of piperidine rings is 1. The molecule has 10 heteroatoms. The van der Waals surface area contributed by atoms with E-state index in [-0.39, 0.29) is 29.7 Å². The minimum atomic E-state index is -0.596. The molecule has 0 spiro atoms. The van der Waals surface area contributed by atoms with E-state index in [0.717, 1.165) is 12.8 Å². The fourth-order valence-electron chi connectivity index (χ4n) is 6.70. The molecule has 2 atom stereocenters. The van der Waals surface area contributed by atoms with Crippen molar-refractivity contribution in [2.45, 2.75) is 83.4 Å². The Morgan fingerprint density at radius 3 is 2.42 bits per heavy atom. The second kappa shape index (κ2) is 11.8. The Kier molecular flexibility index (Phi) is 8.28. The lowest BCUT2D eigenvalue weighted by molar-refractivity contribution is 0.00567. The third kappa shape index (κ3) is 5.61. The van der Waals surface area contributed by atoms with Crippen molar-refractivity contribution in [2.75, 3.05) is 25.7 Å². The SMILES string of the molecule is CCCN(c1ccc(OC)c(C2CC3CCC(C2)N3C(=O)OC(C)(C)C)c1F)c1[nH]c2cc(C#N)ccc2c1C(=O)OC. The maximum atomic E-state index is 16.9. The molecule has 1 N–H and O–H groups in total. The number of hydrogen-bond donors (Lipinski definition) is 1. The molecule has 3 heterocycles. The van der Waals surface area contributed by atoms with Crippen molar-refractivity contribution < 1.29 is 28.2 Å². The zero-order valence-electron chi connectivity index (χ0n) is 25.6. The molecule has 2 aromatic carbocycles. The van der Waals surface area contributed by atoms with E-state index >= 15 is 4.39 Å². The van der Waals surface area contributed by atoms with Gasteiger partial charge in [0.05, 0.1) is 31.5 Å². The third-order valence-corrected chi connectivity index (χ3v) is 8.39. The van der Waals surface area contributed by atoms with Crippen molar-refractivity contribution in [3.05, 3.63) is 52.8 Å². The molecule has 3 aromatic rings. The van der Waals surface area contributed by atoms with Gasteiger partial charge in [-0.25, -0.2) is 14.0 Å². The molecule has 0 radical (unpaired) electrons. The fraction of sp³-hybridized carbons (Fsp3) is 0.485. The number of hydrogen-bond acceptors (Lipinski definition) is 7. The predicted molar refractivity (Wildman–Crippen MR) is 161 cm³/mol. The Hall–Kier alpha value is -4.26. The van der Waals surface area contributed by atoms with Crippen LogP contribution in [0.15, 0.2) is 30.3 Å². The average Bonchev–Trinajstić information content (AvgIpc) is 3.48. The number of nitriles is 1. The summed E-state index contributed by atoms with van der Waals surface area (Å²) in [4.78, 5) is 33.0. The monoisotopic (exact) mass is 590 g/mol. The van der Waals surface area contributed by atoms with Crippen LogP contribution in [0.5, 0.6) is 5.75 Å². The van der Waals surface area contributed by atoms with E-state index in [2.05, 4.69) is 11.1 Å². The van der Waals surface area contributed by atoms with Gasteiger partial charge < -0.3 is 29.0 Å². The standard InChI is InChI=1S/C33H39FN4O5/c1-7-14-37(30-28(31(39)42-6)23-11-8-19(18-35)15-24(23)36-30)25-12-13-26(41-5)27(29(25)34)20-16-21-9-10-22(17-20)38(21)32(40)43-33(2,3)4/h8,11-13,15,20-22,36H,7,9-10,14,16-17H2,1-6H3. The number of aromatic amines is 1. The van der Waals surface area contributed by atoms with Crippen LogP contribution in [0.2, 0.25) is 0 Å². The number of benzene rings is 2. The van der Waals surface area contributed by atoms with Crippen LogP contribution in [0, 0.1) is 17.1 Å². The molecular formula is C33H39FN4O5. The van der Waals surface area contributed by atoms with Gasteiger partial charge in [0.1, 0.15) is 22.7 Å². The van der Waals surface area contributed by atoms with E-state index in [1.807, 2.05) is 32.6 Å². The average molecular weight is 591 g/mol. The maximum Gasteiger partial charge on any atom is 0.410 e. The van der Waals surface area contributed by atoms with Gasteiger partial charge in [-0.3, -0.25) is 0 Å². The number of nitrogens with zero attached hydrogens (tertiary/aromatic N) is 3.